The van der Waals surface area contributed by atoms with Gasteiger partial charge in [0.25, 0.3) is 0 Å². The predicted octanol–water partition coefficient (Wildman–Crippen LogP) is -0.184. The van der Waals surface area contributed by atoms with Crippen molar-refractivity contribution in [3.8, 4) is 0 Å². The molecule has 0 aliphatic carbocycles. The van der Waals surface area contributed by atoms with Crippen molar-refractivity contribution in [2.45, 2.75) is 31.9 Å². The summed E-state index contributed by atoms with van der Waals surface area (Å²) >= 11 is 0. The van der Waals surface area contributed by atoms with Gasteiger partial charge in [-0.05, 0) is 19.3 Å². The molecular weight excluding hydrogens is 118 g/mol. The van der Waals surface area contributed by atoms with Crippen molar-refractivity contribution < 1.29 is 10.2 Å². The fourth-order valence-electron chi connectivity index (χ4n) is 0.642. The molecule has 3 nitrogen and oxygen atoms in total. The molecule has 0 radical (unpaired) electrons. The molecule has 0 heterocycles. The van der Waals surface area contributed by atoms with Crippen LogP contribution in [0.15, 0.2) is 0 Å². The molecule has 0 aromatic heterocycles. The molecule has 1 atom stereocenters. The van der Waals surface area contributed by atoms with Gasteiger partial charge >= 0.3 is 0 Å². The van der Waals surface area contributed by atoms with Crippen molar-refractivity contribution in [2.24, 2.45) is 5.73 Å². The molecule has 0 saturated carbocycles. The minimum Gasteiger partial charge on any atom is -0.396 e. The van der Waals surface area contributed by atoms with Crippen molar-refractivity contribution >= 4 is 0 Å². The highest BCUT2D eigenvalue weighted by Gasteiger charge is 1.93. The van der Waals surface area contributed by atoms with Crippen LogP contribution in [0.5, 0.6) is 0 Å². The summed E-state index contributed by atoms with van der Waals surface area (Å²) in [6.07, 6.45) is 2.62. The van der Waals surface area contributed by atoms with E-state index in [-0.39, 0.29) is 6.61 Å². The van der Waals surface area contributed by atoms with Crippen LogP contribution < -0.4 is 5.73 Å². The second-order valence-electron chi connectivity index (χ2n) is 2.14. The Hall–Kier alpha value is -0.120. The molecule has 0 aromatic rings. The first kappa shape index (κ1) is 8.88. The predicted molar refractivity (Wildman–Crippen MR) is 35.7 cm³/mol. The zero-order valence-corrected chi connectivity index (χ0v) is 5.58. The van der Waals surface area contributed by atoms with E-state index in [1.165, 1.54) is 0 Å². The third kappa shape index (κ3) is 7.88. The number of hydrogen-bond acceptors (Lipinski definition) is 3. The van der Waals surface area contributed by atoms with Crippen molar-refractivity contribution in [3.05, 3.63) is 0 Å². The van der Waals surface area contributed by atoms with E-state index in [1.54, 1.807) is 0 Å². The average molecular weight is 133 g/mol. The van der Waals surface area contributed by atoms with E-state index in [1.807, 2.05) is 0 Å². The molecule has 0 aliphatic heterocycles. The summed E-state index contributed by atoms with van der Waals surface area (Å²) in [5, 5.41) is 16.9. The van der Waals surface area contributed by atoms with Crippen LogP contribution in [0, 0.1) is 0 Å². The van der Waals surface area contributed by atoms with Crippen LogP contribution in [-0.4, -0.2) is 23.0 Å². The number of nitrogens with two attached hydrogens (primary N) is 1. The van der Waals surface area contributed by atoms with Gasteiger partial charge in [0.1, 0.15) is 6.23 Å². The Labute approximate surface area is 55.5 Å². The first-order valence-electron chi connectivity index (χ1n) is 3.32. The molecule has 0 aromatic carbocycles. The van der Waals surface area contributed by atoms with E-state index in [0.29, 0.717) is 6.42 Å². The molecule has 9 heavy (non-hydrogen) atoms. The van der Waals surface area contributed by atoms with E-state index in [2.05, 4.69) is 0 Å². The monoisotopic (exact) mass is 133 g/mol. The van der Waals surface area contributed by atoms with Crippen LogP contribution >= 0.6 is 0 Å². The number of rotatable bonds is 5. The minimum absolute atomic E-state index is 0.237. The Morgan fingerprint density at radius 3 is 2.33 bits per heavy atom. The summed E-state index contributed by atoms with van der Waals surface area (Å²) in [6, 6.07) is 0. The molecule has 0 rings (SSSR count). The smallest absolute Gasteiger partial charge is 0.102 e. The summed E-state index contributed by atoms with van der Waals surface area (Å²) in [5.41, 5.74) is 5.07. The molecule has 56 valence electrons. The quantitative estimate of drug-likeness (QED) is 0.360. The Morgan fingerprint density at radius 2 is 1.89 bits per heavy atom. The Morgan fingerprint density at radius 1 is 1.22 bits per heavy atom. The zero-order valence-electron chi connectivity index (χ0n) is 5.58. The molecule has 0 spiro atoms. The molecule has 4 N–H and O–H groups in total. The van der Waals surface area contributed by atoms with Gasteiger partial charge < -0.3 is 15.9 Å². The number of hydrogen-bond donors (Lipinski definition) is 3. The maximum Gasteiger partial charge on any atom is 0.102 e. The molecule has 0 bridgehead atoms. The number of unbranched alkanes of at least 4 members (excludes halogenated alkanes) is 2. The maximum absolute atomic E-state index is 8.57. The summed E-state index contributed by atoms with van der Waals surface area (Å²) in [6.45, 7) is 0.237. The van der Waals surface area contributed by atoms with Crippen LogP contribution in [-0.2, 0) is 0 Å². The molecule has 0 amide bonds. The fraction of sp³-hybridized carbons (Fsp3) is 1.00. The third-order valence-electron chi connectivity index (χ3n) is 1.16. The Balaban J connectivity index is 2.75. The van der Waals surface area contributed by atoms with Gasteiger partial charge in [0.2, 0.25) is 0 Å². The first-order valence-corrected chi connectivity index (χ1v) is 3.32. The number of aliphatic hydroxyl groups excluding tert-OH is 2. The van der Waals surface area contributed by atoms with Gasteiger partial charge in [-0.25, -0.2) is 0 Å². The summed E-state index contributed by atoms with van der Waals surface area (Å²) in [4.78, 5) is 0. The molecular formula is C6H15NO2. The topological polar surface area (TPSA) is 66.5 Å². The Kier molecular flexibility index (Phi) is 5.93. The first-order chi connectivity index (χ1) is 4.27. The van der Waals surface area contributed by atoms with E-state index >= 15 is 0 Å². The van der Waals surface area contributed by atoms with Crippen molar-refractivity contribution in [1.29, 1.82) is 0 Å². The van der Waals surface area contributed by atoms with Crippen molar-refractivity contribution in [2.75, 3.05) is 6.61 Å². The lowest BCUT2D eigenvalue weighted by Crippen LogP contribution is -2.17. The summed E-state index contributed by atoms with van der Waals surface area (Å²) < 4.78 is 0. The minimum atomic E-state index is -0.677. The lowest BCUT2D eigenvalue weighted by molar-refractivity contribution is 0.166. The Bertz CT molecular complexity index is 57.0. The molecule has 0 fully saturated rings. The maximum atomic E-state index is 8.57. The van der Waals surface area contributed by atoms with Gasteiger partial charge in [0.05, 0.1) is 0 Å². The zero-order chi connectivity index (χ0) is 7.11. The standard InChI is InChI=1S/C6H15NO2/c7-6(9)4-2-1-3-5-8/h6,8-9H,1-5,7H2. The van der Waals surface area contributed by atoms with Crippen LogP contribution in [0.3, 0.4) is 0 Å². The third-order valence-corrected chi connectivity index (χ3v) is 1.16. The normalized spacial score (nSPS) is 13.7. The largest absolute Gasteiger partial charge is 0.396 e. The molecule has 0 aliphatic rings. The number of aliphatic hydroxyl groups is 2. The van der Waals surface area contributed by atoms with Gasteiger partial charge in [-0.15, -0.1) is 0 Å². The lowest BCUT2D eigenvalue weighted by atomic mass is 10.2. The van der Waals surface area contributed by atoms with Gasteiger partial charge in [-0.3, -0.25) is 0 Å². The molecule has 0 saturated heterocycles. The van der Waals surface area contributed by atoms with E-state index in [9.17, 15) is 0 Å². The van der Waals surface area contributed by atoms with E-state index in [4.69, 9.17) is 15.9 Å². The van der Waals surface area contributed by atoms with Gasteiger partial charge in [-0.2, -0.15) is 0 Å². The highest BCUT2D eigenvalue weighted by Crippen LogP contribution is 1.99. The SMILES string of the molecule is NC(O)CCCCCO. The second kappa shape index (κ2) is 6.01. The average Bonchev–Trinajstić information content (AvgIpc) is 1.80. The van der Waals surface area contributed by atoms with Crippen LogP contribution in [0.4, 0.5) is 0 Å². The summed E-state index contributed by atoms with van der Waals surface area (Å²) in [5.74, 6) is 0. The highest BCUT2D eigenvalue weighted by atomic mass is 16.3. The van der Waals surface area contributed by atoms with Gasteiger partial charge in [0.15, 0.2) is 0 Å². The fourth-order valence-corrected chi connectivity index (χ4v) is 0.642. The highest BCUT2D eigenvalue weighted by molar-refractivity contribution is 4.45. The van der Waals surface area contributed by atoms with Gasteiger partial charge in [-0.1, -0.05) is 6.42 Å². The molecule has 1 unspecified atom stereocenters. The van der Waals surface area contributed by atoms with Gasteiger partial charge in [0, 0.05) is 6.61 Å². The summed E-state index contributed by atoms with van der Waals surface area (Å²) in [7, 11) is 0. The second-order valence-corrected chi connectivity index (χ2v) is 2.14. The van der Waals surface area contributed by atoms with Crippen LogP contribution in [0.2, 0.25) is 0 Å². The van der Waals surface area contributed by atoms with Crippen LogP contribution in [0.1, 0.15) is 25.7 Å². The van der Waals surface area contributed by atoms with E-state index in [0.717, 1.165) is 19.3 Å². The van der Waals surface area contributed by atoms with Crippen molar-refractivity contribution in [1.82, 2.24) is 0 Å². The lowest BCUT2D eigenvalue weighted by Gasteiger charge is -2.01. The van der Waals surface area contributed by atoms with Crippen molar-refractivity contribution in [3.63, 3.8) is 0 Å². The van der Waals surface area contributed by atoms with E-state index < -0.39 is 6.23 Å². The molecule has 3 heteroatoms. The van der Waals surface area contributed by atoms with Crippen LogP contribution in [0.25, 0.3) is 0 Å².